The topological polar surface area (TPSA) is 55.4 Å². The SMILES string of the molecule is COc1cccc(NC(=O)[C@@H](Cl)C(=O)c2ccccc2)c1. The normalized spacial score (nSPS) is 11.5. The minimum atomic E-state index is -1.28. The van der Waals surface area contributed by atoms with Crippen molar-refractivity contribution in [2.45, 2.75) is 5.38 Å². The molecule has 0 aromatic heterocycles. The van der Waals surface area contributed by atoms with E-state index < -0.39 is 17.1 Å². The van der Waals surface area contributed by atoms with Crippen molar-refractivity contribution in [3.8, 4) is 5.75 Å². The fourth-order valence-corrected chi connectivity index (χ4v) is 1.95. The Morgan fingerprint density at radius 1 is 1.10 bits per heavy atom. The van der Waals surface area contributed by atoms with Crippen LogP contribution in [0.5, 0.6) is 5.75 Å². The maximum absolute atomic E-state index is 12.1. The van der Waals surface area contributed by atoms with Crippen molar-refractivity contribution < 1.29 is 14.3 Å². The lowest BCUT2D eigenvalue weighted by Gasteiger charge is -2.10. The highest BCUT2D eigenvalue weighted by molar-refractivity contribution is 6.45. The number of ketones is 1. The Morgan fingerprint density at radius 3 is 2.48 bits per heavy atom. The molecule has 0 bridgehead atoms. The average molecular weight is 304 g/mol. The van der Waals surface area contributed by atoms with Gasteiger partial charge in [-0.25, -0.2) is 0 Å². The lowest BCUT2D eigenvalue weighted by Crippen LogP contribution is -2.30. The van der Waals surface area contributed by atoms with Crippen LogP contribution in [0.1, 0.15) is 10.4 Å². The number of amides is 1. The van der Waals surface area contributed by atoms with Gasteiger partial charge >= 0.3 is 0 Å². The maximum Gasteiger partial charge on any atom is 0.250 e. The summed E-state index contributed by atoms with van der Waals surface area (Å²) in [5.41, 5.74) is 0.921. The number of alkyl halides is 1. The van der Waals surface area contributed by atoms with Crippen LogP contribution in [0.2, 0.25) is 0 Å². The largest absolute Gasteiger partial charge is 0.497 e. The number of hydrogen-bond acceptors (Lipinski definition) is 3. The first-order valence-corrected chi connectivity index (χ1v) is 6.73. The first-order valence-electron chi connectivity index (χ1n) is 6.30. The Balaban J connectivity index is 2.07. The van der Waals surface area contributed by atoms with Gasteiger partial charge in [-0.2, -0.15) is 0 Å². The fourth-order valence-electron chi connectivity index (χ4n) is 1.77. The number of methoxy groups -OCH3 is 1. The molecule has 2 aromatic carbocycles. The third-order valence-electron chi connectivity index (χ3n) is 2.86. The molecule has 2 rings (SSSR count). The Morgan fingerprint density at radius 2 is 1.81 bits per heavy atom. The second-order valence-corrected chi connectivity index (χ2v) is 4.75. The molecule has 1 N–H and O–H groups in total. The standard InChI is InChI=1S/C16H14ClNO3/c1-21-13-9-5-8-12(10-13)18-16(20)14(17)15(19)11-6-3-2-4-7-11/h2-10,14H,1H3,(H,18,20)/t14-/m0/s1. The summed E-state index contributed by atoms with van der Waals surface area (Å²) < 4.78 is 5.06. The van der Waals surface area contributed by atoms with Gasteiger partial charge in [-0.1, -0.05) is 36.4 Å². The van der Waals surface area contributed by atoms with Crippen LogP contribution in [0.3, 0.4) is 0 Å². The fraction of sp³-hybridized carbons (Fsp3) is 0.125. The van der Waals surface area contributed by atoms with E-state index in [0.717, 1.165) is 0 Å². The number of Topliss-reactive ketones (excluding diaryl/α,β-unsaturated/α-hetero) is 1. The zero-order chi connectivity index (χ0) is 15.2. The van der Waals surface area contributed by atoms with Crippen molar-refractivity contribution in [1.82, 2.24) is 0 Å². The van der Waals surface area contributed by atoms with E-state index in [9.17, 15) is 9.59 Å². The minimum absolute atomic E-state index is 0.401. The van der Waals surface area contributed by atoms with Crippen LogP contribution in [0.15, 0.2) is 54.6 Å². The van der Waals surface area contributed by atoms with Gasteiger partial charge in [-0.15, -0.1) is 11.6 Å². The molecule has 0 aliphatic rings. The van der Waals surface area contributed by atoms with Gasteiger partial charge in [0.2, 0.25) is 5.91 Å². The molecule has 0 radical (unpaired) electrons. The molecule has 4 nitrogen and oxygen atoms in total. The summed E-state index contributed by atoms with van der Waals surface area (Å²) in [6.45, 7) is 0. The van der Waals surface area contributed by atoms with Crippen molar-refractivity contribution in [2.24, 2.45) is 0 Å². The van der Waals surface area contributed by atoms with Gasteiger partial charge in [0.1, 0.15) is 5.75 Å². The van der Waals surface area contributed by atoms with Gasteiger partial charge in [0.25, 0.3) is 0 Å². The second-order valence-electron chi connectivity index (χ2n) is 4.31. The predicted molar refractivity (Wildman–Crippen MR) is 82.0 cm³/mol. The van der Waals surface area contributed by atoms with Crippen molar-refractivity contribution >= 4 is 29.0 Å². The summed E-state index contributed by atoms with van der Waals surface area (Å²) in [6, 6.07) is 15.3. The number of carbonyl (C=O) groups is 2. The second kappa shape index (κ2) is 6.90. The minimum Gasteiger partial charge on any atom is -0.497 e. The zero-order valence-corrected chi connectivity index (χ0v) is 12.1. The van der Waals surface area contributed by atoms with Crippen LogP contribution < -0.4 is 10.1 Å². The number of hydrogen-bond donors (Lipinski definition) is 1. The van der Waals surface area contributed by atoms with Crippen molar-refractivity contribution in [3.63, 3.8) is 0 Å². The van der Waals surface area contributed by atoms with E-state index in [2.05, 4.69) is 5.32 Å². The number of ether oxygens (including phenoxy) is 1. The van der Waals surface area contributed by atoms with Crippen molar-refractivity contribution in [3.05, 3.63) is 60.2 Å². The molecular formula is C16H14ClNO3. The van der Waals surface area contributed by atoms with E-state index in [4.69, 9.17) is 16.3 Å². The Labute approximate surface area is 127 Å². The van der Waals surface area contributed by atoms with Gasteiger partial charge < -0.3 is 10.1 Å². The number of carbonyl (C=O) groups excluding carboxylic acids is 2. The van der Waals surface area contributed by atoms with Crippen LogP contribution in [-0.2, 0) is 4.79 Å². The van der Waals surface area contributed by atoms with Crippen LogP contribution in [0, 0.1) is 0 Å². The Kier molecular flexibility index (Phi) is 4.95. The Bertz CT molecular complexity index is 643. The number of nitrogens with one attached hydrogen (secondary N) is 1. The molecule has 1 atom stereocenters. The number of anilines is 1. The van der Waals surface area contributed by atoms with E-state index in [-0.39, 0.29) is 0 Å². The summed E-state index contributed by atoms with van der Waals surface area (Å²) in [5, 5.41) is 1.32. The van der Waals surface area contributed by atoms with Crippen LogP contribution in [-0.4, -0.2) is 24.2 Å². The molecule has 0 heterocycles. The summed E-state index contributed by atoms with van der Waals surface area (Å²) in [6.07, 6.45) is 0. The number of halogens is 1. The van der Waals surface area contributed by atoms with Gasteiger partial charge in [-0.05, 0) is 12.1 Å². The van der Waals surface area contributed by atoms with E-state index in [1.54, 1.807) is 54.6 Å². The molecule has 0 saturated heterocycles. The van der Waals surface area contributed by atoms with Crippen molar-refractivity contribution in [2.75, 3.05) is 12.4 Å². The van der Waals surface area contributed by atoms with Gasteiger partial charge in [0.15, 0.2) is 11.2 Å². The molecule has 108 valence electrons. The van der Waals surface area contributed by atoms with Gasteiger partial charge in [-0.3, -0.25) is 9.59 Å². The molecule has 0 aliphatic heterocycles. The Hall–Kier alpha value is -2.33. The average Bonchev–Trinajstić information content (AvgIpc) is 2.54. The summed E-state index contributed by atoms with van der Waals surface area (Å²) >= 11 is 5.95. The quantitative estimate of drug-likeness (QED) is 0.524. The molecule has 0 fully saturated rings. The highest BCUT2D eigenvalue weighted by atomic mass is 35.5. The first kappa shape index (κ1) is 15.1. The lowest BCUT2D eigenvalue weighted by atomic mass is 10.1. The smallest absolute Gasteiger partial charge is 0.250 e. The monoisotopic (exact) mass is 303 g/mol. The third-order valence-corrected chi connectivity index (χ3v) is 3.25. The molecule has 0 unspecified atom stereocenters. The molecule has 21 heavy (non-hydrogen) atoms. The molecular weight excluding hydrogens is 290 g/mol. The van der Waals surface area contributed by atoms with Gasteiger partial charge in [0.05, 0.1) is 7.11 Å². The zero-order valence-electron chi connectivity index (χ0n) is 11.4. The predicted octanol–water partition coefficient (Wildman–Crippen LogP) is 3.12. The van der Waals surface area contributed by atoms with Crippen LogP contribution in [0.25, 0.3) is 0 Å². The number of benzene rings is 2. The van der Waals surface area contributed by atoms with Crippen molar-refractivity contribution in [1.29, 1.82) is 0 Å². The highest BCUT2D eigenvalue weighted by Crippen LogP contribution is 2.18. The van der Waals surface area contributed by atoms with Crippen LogP contribution >= 0.6 is 11.6 Å². The summed E-state index contributed by atoms with van der Waals surface area (Å²) in [7, 11) is 1.53. The van der Waals surface area contributed by atoms with E-state index in [1.807, 2.05) is 0 Å². The maximum atomic E-state index is 12.1. The summed E-state index contributed by atoms with van der Waals surface area (Å²) in [4.78, 5) is 24.1. The molecule has 0 aliphatic carbocycles. The van der Waals surface area contributed by atoms with E-state index in [1.165, 1.54) is 7.11 Å². The summed E-state index contributed by atoms with van der Waals surface area (Å²) in [5.74, 6) is -0.398. The highest BCUT2D eigenvalue weighted by Gasteiger charge is 2.25. The lowest BCUT2D eigenvalue weighted by molar-refractivity contribution is -0.115. The van der Waals surface area contributed by atoms with E-state index in [0.29, 0.717) is 17.0 Å². The molecule has 0 spiro atoms. The number of rotatable bonds is 5. The van der Waals surface area contributed by atoms with Gasteiger partial charge in [0, 0.05) is 17.3 Å². The third kappa shape index (κ3) is 3.83. The molecule has 0 saturated carbocycles. The molecule has 5 heteroatoms. The first-order chi connectivity index (χ1) is 10.1. The molecule has 1 amide bonds. The van der Waals surface area contributed by atoms with E-state index >= 15 is 0 Å². The molecule has 2 aromatic rings. The van der Waals surface area contributed by atoms with Crippen LogP contribution in [0.4, 0.5) is 5.69 Å².